The Labute approximate surface area is 172 Å². The van der Waals surface area contributed by atoms with Crippen LogP contribution < -0.4 is 5.32 Å². The van der Waals surface area contributed by atoms with E-state index in [9.17, 15) is 0 Å². The summed E-state index contributed by atoms with van der Waals surface area (Å²) >= 11 is 0. The predicted molar refractivity (Wildman–Crippen MR) is 117 cm³/mol. The van der Waals surface area contributed by atoms with Gasteiger partial charge in [-0.3, -0.25) is 0 Å². The van der Waals surface area contributed by atoms with Crippen molar-refractivity contribution in [2.45, 2.75) is 64.1 Å². The van der Waals surface area contributed by atoms with Crippen LogP contribution in [0.2, 0.25) is 0 Å². The molecule has 2 fully saturated rings. The van der Waals surface area contributed by atoms with Crippen LogP contribution in [-0.4, -0.2) is 44.3 Å². The van der Waals surface area contributed by atoms with Crippen molar-refractivity contribution in [2.75, 3.05) is 18.9 Å². The lowest BCUT2D eigenvalue weighted by Gasteiger charge is -2.16. The molecule has 0 amide bonds. The summed E-state index contributed by atoms with van der Waals surface area (Å²) in [6.07, 6.45) is 9.22. The number of hydrogen-bond acceptors (Lipinski definition) is 5. The minimum absolute atomic E-state index is 0.502. The van der Waals surface area contributed by atoms with Crippen LogP contribution >= 0.6 is 0 Å². The lowest BCUT2D eigenvalue weighted by Crippen LogP contribution is -2.18. The topological polar surface area (TPSA) is 58.9 Å². The molecule has 152 valence electrons. The van der Waals surface area contributed by atoms with Crippen LogP contribution in [0.3, 0.4) is 0 Å². The van der Waals surface area contributed by atoms with Crippen molar-refractivity contribution in [3.05, 3.63) is 36.0 Å². The standard InChI is InChI=1S/C23H30N6/c1-3-4-12-28(2)15-16-6-5-7-17(13-16)21-26-22(25-18-8-9-18)20-14-24-29(19-10-11-19)23(20)27-21/h5-7,13-14,18-19H,3-4,8-12,15H2,1-2H3,(H,25,26,27). The molecule has 0 bridgehead atoms. The zero-order valence-corrected chi connectivity index (χ0v) is 17.4. The van der Waals surface area contributed by atoms with Gasteiger partial charge in [-0.05, 0) is 57.3 Å². The third-order valence-corrected chi connectivity index (χ3v) is 5.80. The summed E-state index contributed by atoms with van der Waals surface area (Å²) in [7, 11) is 2.19. The van der Waals surface area contributed by atoms with E-state index in [4.69, 9.17) is 9.97 Å². The largest absolute Gasteiger partial charge is 0.367 e. The molecule has 0 radical (unpaired) electrons. The Bertz CT molecular complexity index is 1000. The Balaban J connectivity index is 1.49. The molecule has 0 atom stereocenters. The molecule has 2 saturated carbocycles. The fraction of sp³-hybridized carbons (Fsp3) is 0.522. The molecule has 5 rings (SSSR count). The molecular formula is C23H30N6. The summed E-state index contributed by atoms with van der Waals surface area (Å²) in [5.41, 5.74) is 3.35. The van der Waals surface area contributed by atoms with Gasteiger partial charge in [-0.2, -0.15) is 5.10 Å². The second-order valence-electron chi connectivity index (χ2n) is 8.66. The highest BCUT2D eigenvalue weighted by atomic mass is 15.3. The number of aromatic nitrogens is 4. The van der Waals surface area contributed by atoms with E-state index in [1.165, 1.54) is 44.1 Å². The molecule has 29 heavy (non-hydrogen) atoms. The van der Waals surface area contributed by atoms with Gasteiger partial charge in [0.15, 0.2) is 11.5 Å². The van der Waals surface area contributed by atoms with Crippen molar-refractivity contribution in [3.8, 4) is 11.4 Å². The first-order chi connectivity index (χ1) is 14.2. The molecule has 2 aliphatic carbocycles. The van der Waals surface area contributed by atoms with Crippen LogP contribution in [0.5, 0.6) is 0 Å². The molecule has 0 saturated heterocycles. The monoisotopic (exact) mass is 390 g/mol. The highest BCUT2D eigenvalue weighted by Crippen LogP contribution is 2.38. The third kappa shape index (κ3) is 4.13. The lowest BCUT2D eigenvalue weighted by molar-refractivity contribution is 0.321. The second-order valence-corrected chi connectivity index (χ2v) is 8.66. The van der Waals surface area contributed by atoms with Gasteiger partial charge in [0, 0.05) is 18.2 Å². The summed E-state index contributed by atoms with van der Waals surface area (Å²) < 4.78 is 2.10. The highest BCUT2D eigenvalue weighted by Gasteiger charge is 2.29. The van der Waals surface area contributed by atoms with Crippen molar-refractivity contribution in [1.29, 1.82) is 0 Å². The van der Waals surface area contributed by atoms with Crippen LogP contribution in [0.15, 0.2) is 30.5 Å². The third-order valence-electron chi connectivity index (χ3n) is 5.80. The Hall–Kier alpha value is -2.47. The van der Waals surface area contributed by atoms with E-state index in [-0.39, 0.29) is 0 Å². The van der Waals surface area contributed by atoms with Crippen molar-refractivity contribution < 1.29 is 0 Å². The van der Waals surface area contributed by atoms with Gasteiger partial charge in [-0.25, -0.2) is 14.6 Å². The van der Waals surface area contributed by atoms with E-state index >= 15 is 0 Å². The Morgan fingerprint density at radius 3 is 2.79 bits per heavy atom. The van der Waals surface area contributed by atoms with E-state index < -0.39 is 0 Å². The number of benzene rings is 1. The van der Waals surface area contributed by atoms with Gasteiger partial charge < -0.3 is 10.2 Å². The summed E-state index contributed by atoms with van der Waals surface area (Å²) in [6.45, 7) is 4.31. The van der Waals surface area contributed by atoms with E-state index in [1.54, 1.807) is 0 Å². The quantitative estimate of drug-likeness (QED) is 0.577. The SMILES string of the molecule is CCCCN(C)Cc1cccc(-c2nc(NC3CC3)c3cnn(C4CC4)c3n2)c1. The van der Waals surface area contributed by atoms with Gasteiger partial charge >= 0.3 is 0 Å². The Morgan fingerprint density at radius 1 is 1.17 bits per heavy atom. The number of rotatable bonds is 9. The molecule has 0 unspecified atom stereocenters. The summed E-state index contributed by atoms with van der Waals surface area (Å²) in [5.74, 6) is 1.73. The second kappa shape index (κ2) is 7.75. The number of fused-ring (bicyclic) bond motifs is 1. The van der Waals surface area contributed by atoms with E-state index in [0.717, 1.165) is 41.3 Å². The first kappa shape index (κ1) is 18.6. The zero-order chi connectivity index (χ0) is 19.8. The Morgan fingerprint density at radius 2 is 2.03 bits per heavy atom. The van der Waals surface area contributed by atoms with E-state index in [2.05, 4.69) is 58.2 Å². The number of hydrogen-bond donors (Lipinski definition) is 1. The van der Waals surface area contributed by atoms with Crippen molar-refractivity contribution in [1.82, 2.24) is 24.6 Å². The van der Waals surface area contributed by atoms with E-state index in [0.29, 0.717) is 12.1 Å². The normalized spacial score (nSPS) is 16.7. The summed E-state index contributed by atoms with van der Waals surface area (Å²) in [6, 6.07) is 9.73. The van der Waals surface area contributed by atoms with Gasteiger partial charge in [0.25, 0.3) is 0 Å². The maximum Gasteiger partial charge on any atom is 0.164 e. The fourth-order valence-corrected chi connectivity index (χ4v) is 3.80. The molecule has 2 heterocycles. The van der Waals surface area contributed by atoms with Crippen molar-refractivity contribution in [3.63, 3.8) is 0 Å². The maximum absolute atomic E-state index is 4.96. The molecule has 1 N–H and O–H groups in total. The molecule has 1 aromatic carbocycles. The molecular weight excluding hydrogens is 360 g/mol. The first-order valence-electron chi connectivity index (χ1n) is 11.0. The lowest BCUT2D eigenvalue weighted by atomic mass is 10.1. The number of unbranched alkanes of at least 4 members (excludes halogenated alkanes) is 1. The molecule has 0 aliphatic heterocycles. The van der Waals surface area contributed by atoms with Gasteiger partial charge in [0.1, 0.15) is 5.82 Å². The molecule has 2 aliphatic rings. The van der Waals surface area contributed by atoms with Crippen LogP contribution in [0.25, 0.3) is 22.4 Å². The van der Waals surface area contributed by atoms with Crippen molar-refractivity contribution >= 4 is 16.9 Å². The molecule has 6 nitrogen and oxygen atoms in total. The minimum Gasteiger partial charge on any atom is -0.367 e. The van der Waals surface area contributed by atoms with Crippen LogP contribution in [0.1, 0.15) is 57.1 Å². The average Bonchev–Trinajstić information content (AvgIpc) is 3.66. The predicted octanol–water partition coefficient (Wildman–Crippen LogP) is 4.63. The average molecular weight is 391 g/mol. The molecule has 6 heteroatoms. The summed E-state index contributed by atoms with van der Waals surface area (Å²) in [4.78, 5) is 12.3. The minimum atomic E-state index is 0.502. The van der Waals surface area contributed by atoms with Gasteiger partial charge in [-0.1, -0.05) is 31.5 Å². The number of anilines is 1. The van der Waals surface area contributed by atoms with E-state index in [1.807, 2.05) is 6.20 Å². The summed E-state index contributed by atoms with van der Waals surface area (Å²) in [5, 5.41) is 9.28. The number of nitrogens with zero attached hydrogens (tertiary/aromatic N) is 5. The zero-order valence-electron chi connectivity index (χ0n) is 17.4. The van der Waals surface area contributed by atoms with Crippen LogP contribution in [-0.2, 0) is 6.54 Å². The highest BCUT2D eigenvalue weighted by molar-refractivity contribution is 5.88. The van der Waals surface area contributed by atoms with Crippen LogP contribution in [0.4, 0.5) is 5.82 Å². The van der Waals surface area contributed by atoms with Crippen molar-refractivity contribution in [2.24, 2.45) is 0 Å². The van der Waals surface area contributed by atoms with Gasteiger partial charge in [0.05, 0.1) is 17.6 Å². The van der Waals surface area contributed by atoms with Gasteiger partial charge in [-0.15, -0.1) is 0 Å². The molecule has 0 spiro atoms. The smallest absolute Gasteiger partial charge is 0.164 e. The van der Waals surface area contributed by atoms with Crippen LogP contribution in [0, 0.1) is 0 Å². The first-order valence-corrected chi connectivity index (χ1v) is 11.0. The van der Waals surface area contributed by atoms with Gasteiger partial charge in [0.2, 0.25) is 0 Å². The molecule has 3 aromatic rings. The maximum atomic E-state index is 4.96. The Kier molecular flexibility index (Phi) is 4.96. The number of nitrogens with one attached hydrogen (secondary N) is 1. The molecule has 2 aromatic heterocycles. The fourth-order valence-electron chi connectivity index (χ4n) is 3.80.